The monoisotopic (exact) mass is 1130 g/mol. The standard InChI is InChI=1S/C68H50F4N4O8/c69-53-33-37(81-29-25-77)17-21-49(53)57-61-41-9-1-2-10-42(41)62(73-61)58(50-22-18-38(34-54(50)70)82-30-26-78)64-45-13-5-6-14-46(45)66(75-64)60(52-24-20-40(36-56(52)72)84-32-28-80)68-48-16-8-7-15-47(48)67(76-68)59(51-23-19-39(35-55(51)71)83-31-27-79)65-44-12-4-3-11-43(44)63(57)74-65/h1-24,33-36,73,76-80H,25-32H2. The summed E-state index contributed by atoms with van der Waals surface area (Å²) in [5.74, 6) is -2.18. The summed E-state index contributed by atoms with van der Waals surface area (Å²) in [7, 11) is 0. The first kappa shape index (κ1) is 53.5. The second-order valence-corrected chi connectivity index (χ2v) is 19.9. The number of rotatable bonds is 16. The number of hydrogen-bond donors (Lipinski definition) is 6. The summed E-state index contributed by atoms with van der Waals surface area (Å²) in [6.07, 6.45) is 0. The predicted molar refractivity (Wildman–Crippen MR) is 317 cm³/mol. The molecule has 10 aromatic rings. The van der Waals surface area contributed by atoms with Crippen molar-refractivity contribution in [2.75, 3.05) is 52.9 Å². The molecule has 8 bridgehead atoms. The van der Waals surface area contributed by atoms with Crippen LogP contribution < -0.4 is 18.9 Å². The Kier molecular flexibility index (Phi) is 14.3. The maximum Gasteiger partial charge on any atom is 0.134 e. The molecule has 12 nitrogen and oxygen atoms in total. The van der Waals surface area contributed by atoms with Crippen molar-refractivity contribution in [2.45, 2.75) is 0 Å². The van der Waals surface area contributed by atoms with Gasteiger partial charge >= 0.3 is 0 Å². The highest BCUT2D eigenvalue weighted by Gasteiger charge is 2.32. The van der Waals surface area contributed by atoms with E-state index in [1.54, 1.807) is 48.5 Å². The number of aliphatic hydroxyl groups excluding tert-OH is 4. The number of hydrogen-bond acceptors (Lipinski definition) is 10. The van der Waals surface area contributed by atoms with Gasteiger partial charge < -0.3 is 49.3 Å². The van der Waals surface area contributed by atoms with Crippen molar-refractivity contribution in [2.24, 2.45) is 0 Å². The smallest absolute Gasteiger partial charge is 0.134 e. The van der Waals surface area contributed by atoms with Crippen LogP contribution in [0, 0.1) is 23.3 Å². The fourth-order valence-electron chi connectivity index (χ4n) is 11.5. The Bertz CT molecular complexity index is 4030. The number of aromatic nitrogens is 4. The molecule has 0 saturated carbocycles. The zero-order chi connectivity index (χ0) is 57.6. The zero-order valence-corrected chi connectivity index (χ0v) is 44.7. The molecule has 2 aromatic heterocycles. The van der Waals surface area contributed by atoms with Gasteiger partial charge in [0.1, 0.15) is 72.7 Å². The number of benzene rings is 8. The Morgan fingerprint density at radius 3 is 0.738 bits per heavy atom. The Labute approximate surface area is 477 Å². The second kappa shape index (κ2) is 22.5. The summed E-state index contributed by atoms with van der Waals surface area (Å²) >= 11 is 0. The molecule has 0 amide bonds. The highest BCUT2D eigenvalue weighted by molar-refractivity contribution is 6.21. The number of nitrogens with zero attached hydrogens (tertiary/aromatic N) is 2. The van der Waals surface area contributed by atoms with Crippen LogP contribution >= 0.6 is 0 Å². The maximum atomic E-state index is 17.6. The van der Waals surface area contributed by atoms with Crippen molar-refractivity contribution in [3.05, 3.63) is 193 Å². The first-order chi connectivity index (χ1) is 41.2. The molecule has 1 aliphatic carbocycles. The highest BCUT2D eigenvalue weighted by atomic mass is 19.1. The van der Waals surface area contributed by atoms with E-state index in [1.807, 2.05) is 97.1 Å². The molecule has 0 atom stereocenters. The summed E-state index contributed by atoms with van der Waals surface area (Å²) in [4.78, 5) is 18.5. The van der Waals surface area contributed by atoms with E-state index < -0.39 is 23.3 Å². The number of nitrogens with one attached hydrogen (secondary N) is 2. The van der Waals surface area contributed by atoms with Crippen LogP contribution in [0.5, 0.6) is 23.0 Å². The minimum Gasteiger partial charge on any atom is -0.491 e. The third-order valence-electron chi connectivity index (χ3n) is 15.0. The molecule has 8 aromatic carbocycles. The third kappa shape index (κ3) is 9.31. The van der Waals surface area contributed by atoms with Crippen LogP contribution in [0.4, 0.5) is 17.6 Å². The molecule has 0 radical (unpaired) electrons. The van der Waals surface area contributed by atoms with Gasteiger partial charge in [-0.25, -0.2) is 27.5 Å². The van der Waals surface area contributed by atoms with Crippen LogP contribution in [0.3, 0.4) is 0 Å². The molecule has 418 valence electrons. The Balaban J connectivity index is 1.32. The SMILES string of the molecule is OCCOc1ccc(-c2c3nc(c(-c4ccc(OCCO)cc4F)c4[nH]c(c(-c5ccc(OCCO)cc5F)c5nc(c(-c6ccc(OCCO)cc6F)c6[nH]c2c2ccccc62)-c2ccccc2-5)c2ccccc42)-c2ccccc2-3)c(F)c1. The Morgan fingerprint density at radius 1 is 0.298 bits per heavy atom. The molecule has 6 N–H and O–H groups in total. The van der Waals surface area contributed by atoms with Gasteiger partial charge in [-0.1, -0.05) is 97.1 Å². The van der Waals surface area contributed by atoms with Gasteiger partial charge in [-0.15, -0.1) is 0 Å². The second-order valence-electron chi connectivity index (χ2n) is 19.9. The van der Waals surface area contributed by atoms with Gasteiger partial charge in [0, 0.05) is 113 Å². The van der Waals surface area contributed by atoms with Gasteiger partial charge in [0.25, 0.3) is 0 Å². The van der Waals surface area contributed by atoms with Crippen LogP contribution in [-0.4, -0.2) is 93.2 Å². The van der Waals surface area contributed by atoms with Crippen LogP contribution in [0.25, 0.3) is 133 Å². The van der Waals surface area contributed by atoms with E-state index in [2.05, 4.69) is 9.97 Å². The molecule has 2 aliphatic heterocycles. The summed E-state index contributed by atoms with van der Waals surface area (Å²) in [5, 5.41) is 40.9. The van der Waals surface area contributed by atoms with E-state index in [0.717, 1.165) is 0 Å². The molecule has 0 unspecified atom stereocenters. The van der Waals surface area contributed by atoms with Gasteiger partial charge in [-0.2, -0.15) is 0 Å². The lowest BCUT2D eigenvalue weighted by molar-refractivity contribution is 0.201. The average Bonchev–Trinajstić information content (AvgIpc) is 1.75. The van der Waals surface area contributed by atoms with Crippen LogP contribution in [0.15, 0.2) is 170 Å². The number of aromatic amines is 2. The van der Waals surface area contributed by atoms with Gasteiger partial charge in [0.05, 0.1) is 71.3 Å². The molecule has 16 heteroatoms. The van der Waals surface area contributed by atoms with Crippen molar-refractivity contribution in [3.8, 4) is 113 Å². The molecule has 4 heterocycles. The van der Waals surface area contributed by atoms with E-state index in [9.17, 15) is 20.4 Å². The van der Waals surface area contributed by atoms with E-state index in [4.69, 9.17) is 28.9 Å². The minimum atomic E-state index is -0.706. The fourth-order valence-corrected chi connectivity index (χ4v) is 11.5. The van der Waals surface area contributed by atoms with E-state index in [1.165, 1.54) is 24.3 Å². The van der Waals surface area contributed by atoms with Crippen LogP contribution in [-0.2, 0) is 0 Å². The largest absolute Gasteiger partial charge is 0.491 e. The average molecular weight is 1130 g/mol. The molecule has 0 spiro atoms. The molecular formula is C68H50F4N4O8. The van der Waals surface area contributed by atoms with Gasteiger partial charge in [-0.05, 0) is 48.5 Å². The van der Waals surface area contributed by atoms with Crippen molar-refractivity contribution in [1.29, 1.82) is 0 Å². The van der Waals surface area contributed by atoms with Gasteiger partial charge in [0.2, 0.25) is 0 Å². The number of aliphatic hydroxyl groups is 4. The Morgan fingerprint density at radius 2 is 0.524 bits per heavy atom. The number of halogens is 4. The quantitative estimate of drug-likeness (QED) is 0.0511. The number of H-pyrrole nitrogens is 2. The van der Waals surface area contributed by atoms with Crippen molar-refractivity contribution in [3.63, 3.8) is 0 Å². The van der Waals surface area contributed by atoms with E-state index in [0.29, 0.717) is 65.9 Å². The summed E-state index contributed by atoms with van der Waals surface area (Å²) in [5.41, 5.74) is 6.17. The van der Waals surface area contributed by atoms with Crippen molar-refractivity contribution >= 4 is 43.6 Å². The molecule has 13 rings (SSSR count). The van der Waals surface area contributed by atoms with Crippen molar-refractivity contribution < 1.29 is 56.9 Å². The molecule has 0 saturated heterocycles. The summed E-state index contributed by atoms with van der Waals surface area (Å²) < 4.78 is 93.3. The lowest BCUT2D eigenvalue weighted by atomic mass is 9.93. The zero-order valence-electron chi connectivity index (χ0n) is 44.7. The lowest BCUT2D eigenvalue weighted by Gasteiger charge is -2.11. The fraction of sp³-hybridized carbons (Fsp3) is 0.118. The highest BCUT2D eigenvalue weighted by Crippen LogP contribution is 2.53. The minimum absolute atomic E-state index is 0.0814. The topological polar surface area (TPSA) is 175 Å². The summed E-state index contributed by atoms with van der Waals surface area (Å²) in [6.45, 7) is -1.59. The third-order valence-corrected chi connectivity index (χ3v) is 15.0. The van der Waals surface area contributed by atoms with Gasteiger partial charge in [0.15, 0.2) is 0 Å². The van der Waals surface area contributed by atoms with E-state index in [-0.39, 0.29) is 143 Å². The predicted octanol–water partition coefficient (Wildman–Crippen LogP) is 14.0. The molecule has 3 aliphatic rings. The first-order valence-corrected chi connectivity index (χ1v) is 27.1. The number of ether oxygens (including phenoxy) is 4. The maximum absolute atomic E-state index is 17.6. The molecular weight excluding hydrogens is 1080 g/mol. The molecule has 84 heavy (non-hydrogen) atoms. The summed E-state index contributed by atoms with van der Waals surface area (Å²) in [6, 6.07) is 47.2. The van der Waals surface area contributed by atoms with Gasteiger partial charge in [-0.3, -0.25) is 0 Å². The first-order valence-electron chi connectivity index (χ1n) is 27.1. The Hall–Kier alpha value is -9.84. The lowest BCUT2D eigenvalue weighted by Crippen LogP contribution is -2.02. The normalized spacial score (nSPS) is 11.7. The van der Waals surface area contributed by atoms with E-state index >= 15 is 17.6 Å². The molecule has 0 fully saturated rings. The van der Waals surface area contributed by atoms with Crippen LogP contribution in [0.1, 0.15) is 0 Å². The van der Waals surface area contributed by atoms with Crippen LogP contribution in [0.2, 0.25) is 0 Å². The van der Waals surface area contributed by atoms with Crippen molar-refractivity contribution in [1.82, 2.24) is 19.9 Å².